The highest BCUT2D eigenvalue weighted by Gasteiger charge is 2.24. The van der Waals surface area contributed by atoms with Gasteiger partial charge < -0.3 is 0 Å². The lowest BCUT2D eigenvalue weighted by molar-refractivity contribution is 0.795. The molecule has 8 nitrogen and oxygen atoms in total. The summed E-state index contributed by atoms with van der Waals surface area (Å²) in [5.41, 5.74) is 26.7. The third-order valence-corrected chi connectivity index (χ3v) is 17.5. The zero-order valence-corrected chi connectivity index (χ0v) is 63.1. The van der Waals surface area contributed by atoms with Crippen LogP contribution in [0, 0.1) is 6.92 Å². The van der Waals surface area contributed by atoms with Crippen molar-refractivity contribution >= 4 is 58.2 Å². The van der Waals surface area contributed by atoms with E-state index in [0.717, 1.165) is 59.8 Å². The molecule has 0 saturated carbocycles. The van der Waals surface area contributed by atoms with Crippen LogP contribution in [0.1, 0.15) is 353 Å². The van der Waals surface area contributed by atoms with Crippen molar-refractivity contribution in [1.29, 1.82) is 0 Å². The Hall–Kier alpha value is -7.16. The van der Waals surface area contributed by atoms with Crippen molar-refractivity contribution in [3.8, 4) is 0 Å². The van der Waals surface area contributed by atoms with Gasteiger partial charge in [0.2, 0.25) is 0 Å². The highest BCUT2D eigenvalue weighted by atomic mass is 14.9. The molecule has 0 saturated heterocycles. The fourth-order valence-corrected chi connectivity index (χ4v) is 12.6. The largest absolute Gasteiger partial charge is 0.229 e. The number of hydrogen-bond donors (Lipinski definition) is 0. The van der Waals surface area contributed by atoms with Gasteiger partial charge in [-0.2, -0.15) is 30.0 Å². The molecule has 0 fully saturated rings. The normalized spacial score (nSPS) is 11.4. The van der Waals surface area contributed by atoms with Crippen molar-refractivity contribution in [2.75, 3.05) is 7.05 Å². The average Bonchev–Trinajstić information content (AvgIpc) is 0.804. The molecule has 0 aliphatic carbocycles. The first-order valence-corrected chi connectivity index (χ1v) is 35.3. The fourth-order valence-electron chi connectivity index (χ4n) is 12.6. The number of hydrogen-bond acceptors (Lipinski definition) is 8. The number of benzene rings is 6. The molecule has 0 amide bonds. The number of para-hydroxylation sites is 4. The molecular formula is C85H120N8. The summed E-state index contributed by atoms with van der Waals surface area (Å²) in [4.78, 5) is 37.5. The molecule has 8 heteroatoms. The zero-order valence-electron chi connectivity index (χ0n) is 63.1. The molecule has 0 aliphatic rings. The standard InChI is InChI=1S/C42H58N4.C25H34N2.C18H28N2/c1-14-17-32-22-37(30(10)11)42(46-25-45-41-35(28(6)7)20-16-21-36(41)29(8)9)39(31(12)13)38(32)23-43-24-44-40-33(26(2)3)18-15-19-34(40)27(4)5;1-16(2)20-11-9-12-21(17(3)4)24(20)26-15-27-25-22(18(5)6)13-10-14-23(25)19(7)8;1-8-9-15-10-16(12(2)3)14(6)17(13(4)5)18(15)20-11-19-7/h15-16,18-22,26-31H,14,17,23H2,1-13H3;9-14,16-19H,1-8H3;10,12-13H,8-9H2,1-7H3. The van der Waals surface area contributed by atoms with Crippen LogP contribution >= 0.6 is 0 Å². The van der Waals surface area contributed by atoms with E-state index in [1.54, 1.807) is 7.05 Å². The van der Waals surface area contributed by atoms with E-state index < -0.39 is 0 Å². The van der Waals surface area contributed by atoms with Crippen LogP contribution in [0.15, 0.2) is 125 Å². The fraction of sp³-hybridized carbons (Fsp3) is 0.529. The number of aliphatic imine (C=N–C) groups is 8. The van der Waals surface area contributed by atoms with E-state index in [0.29, 0.717) is 71.6 Å². The van der Waals surface area contributed by atoms with Crippen molar-refractivity contribution in [3.63, 3.8) is 0 Å². The smallest absolute Gasteiger partial charge is 0.101 e. The molecule has 0 unspecified atom stereocenters. The molecule has 0 spiro atoms. The summed E-state index contributed by atoms with van der Waals surface area (Å²) in [6.07, 6.45) is 4.24. The van der Waals surface area contributed by atoms with Crippen LogP contribution in [0.3, 0.4) is 0 Å². The maximum Gasteiger partial charge on any atom is 0.101 e. The van der Waals surface area contributed by atoms with Crippen molar-refractivity contribution < 1.29 is 0 Å². The second kappa shape index (κ2) is 37.7. The Labute approximate surface area is 566 Å². The molecule has 6 aromatic rings. The summed E-state index contributed by atoms with van der Waals surface area (Å²) in [6, 6.07) is 42.7. The first-order valence-electron chi connectivity index (χ1n) is 35.3. The van der Waals surface area contributed by atoms with Gasteiger partial charge in [-0.15, -0.1) is 0 Å². The second-order valence-electron chi connectivity index (χ2n) is 29.0. The van der Waals surface area contributed by atoms with Crippen LogP contribution in [0.25, 0.3) is 0 Å². The van der Waals surface area contributed by atoms with Crippen molar-refractivity contribution in [2.24, 2.45) is 39.9 Å². The van der Waals surface area contributed by atoms with Crippen LogP contribution in [-0.2, 0) is 19.4 Å². The molecule has 6 rings (SSSR count). The van der Waals surface area contributed by atoms with Crippen LogP contribution in [0.4, 0.5) is 34.1 Å². The van der Waals surface area contributed by atoms with E-state index in [4.69, 9.17) is 30.0 Å². The van der Waals surface area contributed by atoms with Gasteiger partial charge in [0.25, 0.3) is 0 Å². The summed E-state index contributed by atoms with van der Waals surface area (Å²) in [7, 11) is 1.72. The van der Waals surface area contributed by atoms with Gasteiger partial charge in [-0.3, -0.25) is 0 Å². The van der Waals surface area contributed by atoms with Gasteiger partial charge in [0, 0.05) is 7.05 Å². The van der Waals surface area contributed by atoms with Crippen LogP contribution in [0.2, 0.25) is 0 Å². The second-order valence-corrected chi connectivity index (χ2v) is 29.0. The molecule has 0 N–H and O–H groups in total. The molecule has 93 heavy (non-hydrogen) atoms. The summed E-state index contributed by atoms with van der Waals surface area (Å²) in [6.45, 7) is 60.6. The number of nitrogens with zero attached hydrogens (tertiary/aromatic N) is 8. The maximum atomic E-state index is 5.04. The van der Waals surface area contributed by atoms with E-state index in [9.17, 15) is 0 Å². The lowest BCUT2D eigenvalue weighted by Crippen LogP contribution is -2.06. The molecule has 0 aliphatic heterocycles. The average molecular weight is 1250 g/mol. The maximum absolute atomic E-state index is 5.04. The van der Waals surface area contributed by atoms with Crippen molar-refractivity contribution in [1.82, 2.24) is 0 Å². The minimum absolute atomic E-state index is 0.250. The van der Waals surface area contributed by atoms with Gasteiger partial charge in [0.05, 0.1) is 52.7 Å². The van der Waals surface area contributed by atoms with Crippen molar-refractivity contribution in [2.45, 2.75) is 290 Å². The molecule has 0 heterocycles. The Bertz CT molecular complexity index is 3500. The lowest BCUT2D eigenvalue weighted by Gasteiger charge is -2.23. The number of aryl methyl sites for hydroxylation is 2. The van der Waals surface area contributed by atoms with Gasteiger partial charge in [-0.05, 0) is 180 Å². The van der Waals surface area contributed by atoms with Gasteiger partial charge in [-0.25, -0.2) is 9.98 Å². The first-order chi connectivity index (χ1) is 44.0. The summed E-state index contributed by atoms with van der Waals surface area (Å²) in [5, 5.41) is 0. The Morgan fingerprint density at radius 1 is 0.301 bits per heavy atom. The topological polar surface area (TPSA) is 98.9 Å². The van der Waals surface area contributed by atoms with Crippen LogP contribution < -0.4 is 0 Å². The minimum atomic E-state index is 0.250. The molecule has 6 aromatic carbocycles. The monoisotopic (exact) mass is 1250 g/mol. The van der Waals surface area contributed by atoms with E-state index in [1.807, 2.05) is 0 Å². The van der Waals surface area contributed by atoms with E-state index in [1.165, 1.54) is 89.0 Å². The Morgan fingerprint density at radius 3 is 0.871 bits per heavy atom. The first kappa shape index (κ1) is 78.3. The summed E-state index contributed by atoms with van der Waals surface area (Å²) in [5.74, 6) is 4.69. The molecule has 0 atom stereocenters. The highest BCUT2D eigenvalue weighted by molar-refractivity contribution is 5.71. The molecule has 0 bridgehead atoms. The lowest BCUT2D eigenvalue weighted by atomic mass is 9.84. The molecule has 0 aromatic heterocycles. The highest BCUT2D eigenvalue weighted by Crippen LogP contribution is 2.43. The van der Waals surface area contributed by atoms with Gasteiger partial charge >= 0.3 is 0 Å². The van der Waals surface area contributed by atoms with Crippen LogP contribution in [-0.4, -0.2) is 31.1 Å². The quantitative estimate of drug-likeness (QED) is 0.0540. The van der Waals surface area contributed by atoms with Crippen molar-refractivity contribution in [3.05, 3.63) is 174 Å². The third-order valence-electron chi connectivity index (χ3n) is 17.5. The predicted octanol–water partition coefficient (Wildman–Crippen LogP) is 27.5. The predicted molar refractivity (Wildman–Crippen MR) is 407 cm³/mol. The molecular weight excluding hydrogens is 1130 g/mol. The molecule has 500 valence electrons. The third kappa shape index (κ3) is 21.2. The minimum Gasteiger partial charge on any atom is -0.229 e. The zero-order chi connectivity index (χ0) is 69.6. The summed E-state index contributed by atoms with van der Waals surface area (Å²) < 4.78 is 0. The van der Waals surface area contributed by atoms with E-state index in [2.05, 4.69) is 306 Å². The van der Waals surface area contributed by atoms with E-state index in [-0.39, 0.29) is 5.92 Å². The van der Waals surface area contributed by atoms with Gasteiger partial charge in [0.1, 0.15) is 12.0 Å². The molecule has 0 radical (unpaired) electrons. The van der Waals surface area contributed by atoms with Crippen LogP contribution in [0.5, 0.6) is 0 Å². The SMILES string of the molecule is CC(C)c1cccc(C(C)C)c1N=C=Nc1c(C(C)C)cccc1C(C)C.CCCc1cc(C(C)C)c(C)c(C(C)C)c1N=C=NC.CCCc1cc(C(C)C)c(N=C=Nc2c(C(C)C)cccc2C(C)C)c(C(C)C)c1CN=C=Nc1c(C(C)C)cccc1C(C)C. The Kier molecular flexibility index (Phi) is 31.7. The number of rotatable bonds is 24. The van der Waals surface area contributed by atoms with Gasteiger partial charge in [-0.1, -0.05) is 278 Å². The Balaban J connectivity index is 0.000000330. The summed E-state index contributed by atoms with van der Waals surface area (Å²) >= 11 is 0. The Morgan fingerprint density at radius 2 is 0.581 bits per heavy atom. The van der Waals surface area contributed by atoms with E-state index >= 15 is 0 Å². The van der Waals surface area contributed by atoms with Gasteiger partial charge in [0.15, 0.2) is 0 Å².